The topological polar surface area (TPSA) is 64.6 Å². The van der Waals surface area contributed by atoms with Crippen molar-refractivity contribution in [3.8, 4) is 11.5 Å². The molecular weight excluding hydrogens is 278 g/mol. The molecule has 0 amide bonds. The summed E-state index contributed by atoms with van der Waals surface area (Å²) in [5, 5.41) is 2.96. The fraction of sp³-hybridized carbons (Fsp3) is 0.571. The van der Waals surface area contributed by atoms with Gasteiger partial charge in [0, 0.05) is 18.7 Å². The molecule has 1 aliphatic heterocycles. The summed E-state index contributed by atoms with van der Waals surface area (Å²) in [6, 6.07) is 5.58. The van der Waals surface area contributed by atoms with Gasteiger partial charge in [0.25, 0.3) is 0 Å². The first-order valence-electron chi connectivity index (χ1n) is 6.70. The minimum Gasteiger partial charge on any atom is -0.497 e. The molecule has 1 heterocycles. The maximum Gasteiger partial charge on any atom is 0.154 e. The second kappa shape index (κ2) is 6.45. The van der Waals surface area contributed by atoms with E-state index in [1.165, 1.54) is 0 Å². The van der Waals surface area contributed by atoms with Crippen molar-refractivity contribution in [2.24, 2.45) is 0 Å². The van der Waals surface area contributed by atoms with Crippen molar-refractivity contribution in [2.45, 2.75) is 24.6 Å². The van der Waals surface area contributed by atoms with Crippen molar-refractivity contribution in [3.05, 3.63) is 23.8 Å². The summed E-state index contributed by atoms with van der Waals surface area (Å²) >= 11 is 0. The Balaban J connectivity index is 1.96. The van der Waals surface area contributed by atoms with Gasteiger partial charge in [-0.05, 0) is 31.0 Å². The summed E-state index contributed by atoms with van der Waals surface area (Å²) in [4.78, 5) is 0. The van der Waals surface area contributed by atoms with E-state index in [1.54, 1.807) is 14.2 Å². The molecule has 1 fully saturated rings. The zero-order chi connectivity index (χ0) is 14.6. The van der Waals surface area contributed by atoms with Crippen molar-refractivity contribution in [1.29, 1.82) is 0 Å². The largest absolute Gasteiger partial charge is 0.497 e. The number of rotatable bonds is 6. The molecule has 0 bridgehead atoms. The zero-order valence-corrected chi connectivity index (χ0v) is 12.7. The van der Waals surface area contributed by atoms with E-state index in [-0.39, 0.29) is 5.25 Å². The first-order chi connectivity index (χ1) is 9.56. The molecule has 0 spiro atoms. The van der Waals surface area contributed by atoms with Crippen LogP contribution in [0.5, 0.6) is 11.5 Å². The van der Waals surface area contributed by atoms with Crippen LogP contribution in [0.1, 0.15) is 18.4 Å². The molecular formula is C14H21NO4S. The summed E-state index contributed by atoms with van der Waals surface area (Å²) in [5.74, 6) is 1.85. The number of ether oxygens (including phenoxy) is 2. The summed E-state index contributed by atoms with van der Waals surface area (Å²) < 4.78 is 34.0. The van der Waals surface area contributed by atoms with Gasteiger partial charge in [0.05, 0.1) is 25.2 Å². The highest BCUT2D eigenvalue weighted by Crippen LogP contribution is 2.24. The molecule has 0 saturated carbocycles. The van der Waals surface area contributed by atoms with Gasteiger partial charge in [0.1, 0.15) is 11.5 Å². The van der Waals surface area contributed by atoms with Crippen molar-refractivity contribution in [2.75, 3.05) is 26.5 Å². The molecule has 1 aromatic rings. The van der Waals surface area contributed by atoms with Gasteiger partial charge < -0.3 is 14.8 Å². The second-order valence-electron chi connectivity index (χ2n) is 4.94. The lowest BCUT2D eigenvalue weighted by molar-refractivity contribution is 0.397. The molecule has 1 N–H and O–H groups in total. The van der Waals surface area contributed by atoms with Gasteiger partial charge in [-0.3, -0.25) is 0 Å². The summed E-state index contributed by atoms with van der Waals surface area (Å²) in [6.07, 6.45) is 1.53. The Morgan fingerprint density at radius 1 is 1.30 bits per heavy atom. The van der Waals surface area contributed by atoms with Crippen LogP contribution in [0.15, 0.2) is 18.2 Å². The third-order valence-corrected chi connectivity index (χ3v) is 5.91. The predicted octanol–water partition coefficient (Wildman–Crippen LogP) is 1.37. The smallest absolute Gasteiger partial charge is 0.154 e. The number of hydrogen-bond donors (Lipinski definition) is 1. The minimum atomic E-state index is -2.89. The lowest BCUT2D eigenvalue weighted by Crippen LogP contribution is -2.30. The van der Waals surface area contributed by atoms with E-state index in [2.05, 4.69) is 5.32 Å². The van der Waals surface area contributed by atoms with Crippen molar-refractivity contribution in [3.63, 3.8) is 0 Å². The molecule has 1 atom stereocenters. The van der Waals surface area contributed by atoms with Crippen LogP contribution < -0.4 is 14.8 Å². The first-order valence-corrected chi connectivity index (χ1v) is 8.41. The second-order valence-corrected chi connectivity index (χ2v) is 7.34. The Morgan fingerprint density at radius 3 is 2.70 bits per heavy atom. The number of benzene rings is 1. The van der Waals surface area contributed by atoms with Crippen LogP contribution in [0.25, 0.3) is 0 Å². The molecule has 1 aliphatic rings. The molecule has 5 nitrogen and oxygen atoms in total. The number of methoxy groups -OCH3 is 2. The van der Waals surface area contributed by atoms with E-state index in [9.17, 15) is 8.42 Å². The minimum absolute atomic E-state index is 0.251. The Kier molecular flexibility index (Phi) is 4.88. The number of hydrogen-bond acceptors (Lipinski definition) is 5. The molecule has 6 heteroatoms. The Morgan fingerprint density at radius 2 is 2.10 bits per heavy atom. The quantitative estimate of drug-likeness (QED) is 0.859. The predicted molar refractivity (Wildman–Crippen MR) is 78.1 cm³/mol. The third-order valence-electron chi connectivity index (χ3n) is 3.64. The van der Waals surface area contributed by atoms with Crippen LogP contribution in [0, 0.1) is 0 Å². The van der Waals surface area contributed by atoms with Crippen LogP contribution >= 0.6 is 0 Å². The highest BCUT2D eigenvalue weighted by atomic mass is 32.2. The maximum absolute atomic E-state index is 11.7. The average Bonchev–Trinajstić information content (AvgIpc) is 2.78. The van der Waals surface area contributed by atoms with E-state index in [0.717, 1.165) is 29.9 Å². The van der Waals surface area contributed by atoms with Gasteiger partial charge in [-0.2, -0.15) is 0 Å². The van der Waals surface area contributed by atoms with Gasteiger partial charge in [-0.15, -0.1) is 0 Å². The van der Waals surface area contributed by atoms with Gasteiger partial charge in [-0.25, -0.2) is 8.42 Å². The van der Waals surface area contributed by atoms with E-state index in [1.807, 2.05) is 18.2 Å². The standard InChI is InChI=1S/C14H21NO4S/c1-18-12-5-6-14(19-2)11(8-12)9-15-10-13-4-3-7-20(13,16)17/h5-6,8,13,15H,3-4,7,9-10H2,1-2H3. The van der Waals surface area contributed by atoms with Crippen LogP contribution in [-0.4, -0.2) is 40.2 Å². The summed E-state index contributed by atoms with van der Waals surface area (Å²) in [6.45, 7) is 1.05. The van der Waals surface area contributed by atoms with E-state index in [0.29, 0.717) is 18.8 Å². The lowest BCUT2D eigenvalue weighted by Gasteiger charge is -2.13. The van der Waals surface area contributed by atoms with E-state index >= 15 is 0 Å². The van der Waals surface area contributed by atoms with Crippen molar-refractivity contribution in [1.82, 2.24) is 5.32 Å². The first kappa shape index (κ1) is 15.1. The highest BCUT2D eigenvalue weighted by Gasteiger charge is 2.30. The Labute approximate surface area is 120 Å². The molecule has 1 unspecified atom stereocenters. The van der Waals surface area contributed by atoms with Crippen LogP contribution in [-0.2, 0) is 16.4 Å². The van der Waals surface area contributed by atoms with Crippen LogP contribution in [0.3, 0.4) is 0 Å². The molecule has 1 saturated heterocycles. The highest BCUT2D eigenvalue weighted by molar-refractivity contribution is 7.92. The van der Waals surface area contributed by atoms with E-state index in [4.69, 9.17) is 9.47 Å². The average molecular weight is 299 g/mol. The SMILES string of the molecule is COc1ccc(OC)c(CNCC2CCCS2(=O)=O)c1. The third kappa shape index (κ3) is 3.43. The molecule has 112 valence electrons. The summed E-state index contributed by atoms with van der Waals surface area (Å²) in [7, 11) is 0.345. The number of sulfone groups is 1. The molecule has 2 rings (SSSR count). The summed E-state index contributed by atoms with van der Waals surface area (Å²) in [5.41, 5.74) is 0.960. The maximum atomic E-state index is 11.7. The van der Waals surface area contributed by atoms with Crippen LogP contribution in [0.2, 0.25) is 0 Å². The van der Waals surface area contributed by atoms with Gasteiger partial charge >= 0.3 is 0 Å². The van der Waals surface area contributed by atoms with Gasteiger partial charge in [0.2, 0.25) is 0 Å². The normalized spacial score (nSPS) is 20.8. The van der Waals surface area contributed by atoms with Crippen LogP contribution in [0.4, 0.5) is 0 Å². The fourth-order valence-electron chi connectivity index (χ4n) is 2.48. The Hall–Kier alpha value is -1.27. The monoisotopic (exact) mass is 299 g/mol. The molecule has 0 aliphatic carbocycles. The molecule has 1 aromatic carbocycles. The zero-order valence-electron chi connectivity index (χ0n) is 11.9. The van der Waals surface area contributed by atoms with Crippen molar-refractivity contribution >= 4 is 9.84 Å². The molecule has 20 heavy (non-hydrogen) atoms. The van der Waals surface area contributed by atoms with Gasteiger partial charge in [-0.1, -0.05) is 0 Å². The molecule has 0 aromatic heterocycles. The van der Waals surface area contributed by atoms with Crippen molar-refractivity contribution < 1.29 is 17.9 Å². The molecule has 0 radical (unpaired) electrons. The number of nitrogens with one attached hydrogen (secondary N) is 1. The fourth-order valence-corrected chi connectivity index (χ4v) is 4.28. The van der Waals surface area contributed by atoms with Gasteiger partial charge in [0.15, 0.2) is 9.84 Å². The lowest BCUT2D eigenvalue weighted by atomic mass is 10.2. The van der Waals surface area contributed by atoms with E-state index < -0.39 is 9.84 Å². The Bertz CT molecular complexity index is 556.